The molecule has 26 heavy (non-hydrogen) atoms. The average molecular weight is 476 g/mol. The molecule has 1 aromatic heterocycles. The van der Waals surface area contributed by atoms with Gasteiger partial charge in [0.15, 0.2) is 11.7 Å². The highest BCUT2D eigenvalue weighted by Crippen LogP contribution is 2.28. The molecular weight excluding hydrogens is 447 g/mol. The topological polar surface area (TPSA) is 70.3 Å². The van der Waals surface area contributed by atoms with Gasteiger partial charge >= 0.3 is 0 Å². The summed E-state index contributed by atoms with van der Waals surface area (Å²) in [6, 6.07) is 3.45. The molecule has 1 aromatic rings. The lowest BCUT2D eigenvalue weighted by Gasteiger charge is -2.36. The van der Waals surface area contributed by atoms with E-state index in [1.165, 1.54) is 19.1 Å². The van der Waals surface area contributed by atoms with Gasteiger partial charge in [-0.05, 0) is 37.3 Å². The molecule has 0 aromatic carbocycles. The number of carbonyl (C=O) groups excluding carboxylic acids is 1. The highest BCUT2D eigenvalue weighted by Gasteiger charge is 2.25. The van der Waals surface area contributed by atoms with Crippen LogP contribution in [0.4, 0.5) is 0 Å². The molecule has 0 bridgehead atoms. The van der Waals surface area contributed by atoms with Crippen LogP contribution in [-0.4, -0.2) is 74.7 Å². The Hall–Kier alpha value is -1.29. The minimum atomic E-state index is -0.0413. The van der Waals surface area contributed by atoms with Gasteiger partial charge in [-0.25, -0.2) is 0 Å². The first-order valence-electron chi connectivity index (χ1n) is 9.14. The second kappa shape index (κ2) is 10.8. The molecule has 2 aliphatic rings. The van der Waals surface area contributed by atoms with E-state index >= 15 is 0 Å². The molecule has 8 heteroatoms. The number of piperazine rings is 1. The van der Waals surface area contributed by atoms with E-state index in [4.69, 9.17) is 9.15 Å². The molecule has 3 rings (SSSR count). The molecule has 0 radical (unpaired) electrons. The molecule has 1 saturated carbocycles. The van der Waals surface area contributed by atoms with Crippen LogP contribution in [0, 0.1) is 5.92 Å². The number of nitrogens with zero attached hydrogens (tertiary/aromatic N) is 3. The molecule has 1 saturated heterocycles. The average Bonchev–Trinajstić information content (AvgIpc) is 3.31. The van der Waals surface area contributed by atoms with Crippen LogP contribution in [-0.2, 0) is 4.74 Å². The van der Waals surface area contributed by atoms with E-state index in [1.54, 1.807) is 19.2 Å². The lowest BCUT2D eigenvalue weighted by Crippen LogP contribution is -2.53. The van der Waals surface area contributed by atoms with Crippen molar-refractivity contribution in [2.24, 2.45) is 10.9 Å². The number of amides is 1. The standard InChI is InChI=1S/C18H28N4O3.HI/c1-19-18(20-7-3-12-24-14-15-5-6-15)22-10-8-21(9-11-22)17(23)16-4-2-13-25-16;/h2,4,13,15H,3,5-12,14H2,1H3,(H,19,20);1H. The maximum Gasteiger partial charge on any atom is 0.289 e. The molecule has 1 aliphatic carbocycles. The minimum absolute atomic E-state index is 0. The Morgan fingerprint density at radius 2 is 2.04 bits per heavy atom. The monoisotopic (exact) mass is 476 g/mol. The summed E-state index contributed by atoms with van der Waals surface area (Å²) >= 11 is 0. The number of hydrogen-bond acceptors (Lipinski definition) is 4. The summed E-state index contributed by atoms with van der Waals surface area (Å²) in [7, 11) is 1.80. The molecule has 1 aliphatic heterocycles. The van der Waals surface area contributed by atoms with Crippen molar-refractivity contribution in [3.63, 3.8) is 0 Å². The lowest BCUT2D eigenvalue weighted by molar-refractivity contribution is 0.0657. The first-order valence-corrected chi connectivity index (χ1v) is 9.14. The number of aliphatic imine (C=N–C) groups is 1. The van der Waals surface area contributed by atoms with Gasteiger partial charge in [0.1, 0.15) is 0 Å². The van der Waals surface area contributed by atoms with Gasteiger partial charge in [-0.1, -0.05) is 0 Å². The zero-order valence-electron chi connectivity index (χ0n) is 15.4. The molecule has 1 N–H and O–H groups in total. The maximum absolute atomic E-state index is 12.3. The fourth-order valence-corrected chi connectivity index (χ4v) is 2.92. The van der Waals surface area contributed by atoms with Crippen LogP contribution >= 0.6 is 24.0 Å². The van der Waals surface area contributed by atoms with Gasteiger partial charge in [0.25, 0.3) is 5.91 Å². The summed E-state index contributed by atoms with van der Waals surface area (Å²) < 4.78 is 10.8. The van der Waals surface area contributed by atoms with Crippen molar-refractivity contribution in [1.29, 1.82) is 0 Å². The smallest absolute Gasteiger partial charge is 0.289 e. The Morgan fingerprint density at radius 3 is 2.65 bits per heavy atom. The van der Waals surface area contributed by atoms with Crippen molar-refractivity contribution < 1.29 is 13.9 Å². The van der Waals surface area contributed by atoms with E-state index < -0.39 is 0 Å². The van der Waals surface area contributed by atoms with Crippen LogP contribution in [0.2, 0.25) is 0 Å². The van der Waals surface area contributed by atoms with Crippen molar-refractivity contribution in [2.45, 2.75) is 19.3 Å². The van der Waals surface area contributed by atoms with E-state index in [0.29, 0.717) is 18.8 Å². The van der Waals surface area contributed by atoms with Crippen molar-refractivity contribution in [3.8, 4) is 0 Å². The van der Waals surface area contributed by atoms with Crippen LogP contribution < -0.4 is 5.32 Å². The van der Waals surface area contributed by atoms with Gasteiger partial charge in [-0.2, -0.15) is 0 Å². The fraction of sp³-hybridized carbons (Fsp3) is 0.667. The first kappa shape index (κ1) is 21.0. The third-order valence-corrected chi connectivity index (χ3v) is 4.61. The van der Waals surface area contributed by atoms with Gasteiger partial charge in [-0.15, -0.1) is 24.0 Å². The number of ether oxygens (including phenoxy) is 1. The summed E-state index contributed by atoms with van der Waals surface area (Å²) in [6.07, 6.45) is 5.17. The molecule has 1 amide bonds. The van der Waals surface area contributed by atoms with Gasteiger partial charge in [0.05, 0.1) is 6.26 Å². The molecule has 0 unspecified atom stereocenters. The molecule has 7 nitrogen and oxygen atoms in total. The Kier molecular flexibility index (Phi) is 8.70. The summed E-state index contributed by atoms with van der Waals surface area (Å²) in [5, 5.41) is 3.39. The molecule has 0 atom stereocenters. The molecule has 146 valence electrons. The summed E-state index contributed by atoms with van der Waals surface area (Å²) in [4.78, 5) is 20.7. The third kappa shape index (κ3) is 6.15. The largest absolute Gasteiger partial charge is 0.459 e. The third-order valence-electron chi connectivity index (χ3n) is 4.61. The predicted molar refractivity (Wildman–Crippen MR) is 111 cm³/mol. The van der Waals surface area contributed by atoms with E-state index in [2.05, 4.69) is 15.2 Å². The molecule has 2 fully saturated rings. The van der Waals surface area contributed by atoms with Gasteiger partial charge in [-0.3, -0.25) is 9.79 Å². The number of carbonyl (C=O) groups is 1. The van der Waals surface area contributed by atoms with Gasteiger partial charge in [0, 0.05) is 53.0 Å². The predicted octanol–water partition coefficient (Wildman–Crippen LogP) is 2.05. The zero-order chi connectivity index (χ0) is 17.5. The van der Waals surface area contributed by atoms with E-state index in [1.807, 2.05) is 4.90 Å². The van der Waals surface area contributed by atoms with Gasteiger partial charge < -0.3 is 24.3 Å². The van der Waals surface area contributed by atoms with Gasteiger partial charge in [0.2, 0.25) is 0 Å². The van der Waals surface area contributed by atoms with E-state index in [-0.39, 0.29) is 29.9 Å². The Labute approximate surface area is 172 Å². The number of halogens is 1. The first-order chi connectivity index (χ1) is 12.3. The molecule has 0 spiro atoms. The van der Waals surface area contributed by atoms with Crippen molar-refractivity contribution in [2.75, 3.05) is 53.0 Å². The quantitative estimate of drug-likeness (QED) is 0.283. The SMILES string of the molecule is CN=C(NCCCOCC1CC1)N1CCN(C(=O)c2ccco2)CC1.I. The molecular formula is C18H29IN4O3. The summed E-state index contributed by atoms with van der Waals surface area (Å²) in [5.74, 6) is 2.08. The summed E-state index contributed by atoms with van der Waals surface area (Å²) in [6.45, 7) is 5.44. The van der Waals surface area contributed by atoms with Crippen LogP contribution in [0.15, 0.2) is 27.8 Å². The Bertz CT molecular complexity index is 567. The highest BCUT2D eigenvalue weighted by atomic mass is 127. The van der Waals surface area contributed by atoms with Crippen LogP contribution in [0.1, 0.15) is 29.8 Å². The Morgan fingerprint density at radius 1 is 1.31 bits per heavy atom. The number of furan rings is 1. The number of nitrogens with one attached hydrogen (secondary N) is 1. The fourth-order valence-electron chi connectivity index (χ4n) is 2.92. The summed E-state index contributed by atoms with van der Waals surface area (Å²) in [5.41, 5.74) is 0. The van der Waals surface area contributed by atoms with Crippen molar-refractivity contribution in [3.05, 3.63) is 24.2 Å². The van der Waals surface area contributed by atoms with E-state index in [0.717, 1.165) is 51.1 Å². The normalized spacial score (nSPS) is 17.8. The van der Waals surface area contributed by atoms with Crippen LogP contribution in [0.25, 0.3) is 0 Å². The lowest BCUT2D eigenvalue weighted by atomic mass is 10.3. The molecule has 2 heterocycles. The zero-order valence-corrected chi connectivity index (χ0v) is 17.7. The minimum Gasteiger partial charge on any atom is -0.459 e. The highest BCUT2D eigenvalue weighted by molar-refractivity contribution is 14.0. The maximum atomic E-state index is 12.3. The van der Waals surface area contributed by atoms with Crippen LogP contribution in [0.5, 0.6) is 0 Å². The second-order valence-electron chi connectivity index (χ2n) is 6.60. The second-order valence-corrected chi connectivity index (χ2v) is 6.60. The number of hydrogen-bond donors (Lipinski definition) is 1. The van der Waals surface area contributed by atoms with E-state index in [9.17, 15) is 4.79 Å². The van der Waals surface area contributed by atoms with Crippen LogP contribution in [0.3, 0.4) is 0 Å². The number of guanidine groups is 1. The van der Waals surface area contributed by atoms with Crippen molar-refractivity contribution >= 4 is 35.8 Å². The van der Waals surface area contributed by atoms with Crippen molar-refractivity contribution in [1.82, 2.24) is 15.1 Å². The Balaban J connectivity index is 0.00000243. The number of rotatable bonds is 7.